The highest BCUT2D eigenvalue weighted by Gasteiger charge is 2.12. The van der Waals surface area contributed by atoms with Crippen molar-refractivity contribution in [2.24, 2.45) is 0 Å². The van der Waals surface area contributed by atoms with Gasteiger partial charge in [0.1, 0.15) is 12.1 Å². The molecule has 0 bridgehead atoms. The molecule has 0 aliphatic rings. The van der Waals surface area contributed by atoms with Gasteiger partial charge in [-0.25, -0.2) is 9.97 Å². The minimum atomic E-state index is 0.161. The van der Waals surface area contributed by atoms with Gasteiger partial charge in [-0.05, 0) is 23.1 Å². The van der Waals surface area contributed by atoms with E-state index < -0.39 is 0 Å². The summed E-state index contributed by atoms with van der Waals surface area (Å²) in [7, 11) is 0. The SMILES string of the molecule is CC(C)(C)c1ccc(Oc2cncnc2)cc1. The largest absolute Gasteiger partial charge is 0.454 e. The molecule has 2 rings (SSSR count). The first-order valence-corrected chi connectivity index (χ1v) is 5.59. The van der Waals surface area contributed by atoms with Crippen LogP contribution in [-0.2, 0) is 5.41 Å². The molecule has 3 heteroatoms. The average Bonchev–Trinajstić information content (AvgIpc) is 2.30. The molecule has 88 valence electrons. The monoisotopic (exact) mass is 228 g/mol. The van der Waals surface area contributed by atoms with Crippen molar-refractivity contribution in [1.82, 2.24) is 9.97 Å². The fourth-order valence-electron chi connectivity index (χ4n) is 1.50. The summed E-state index contributed by atoms with van der Waals surface area (Å²) >= 11 is 0. The van der Waals surface area contributed by atoms with Crippen molar-refractivity contribution in [1.29, 1.82) is 0 Å². The highest BCUT2D eigenvalue weighted by molar-refractivity contribution is 5.33. The van der Waals surface area contributed by atoms with Gasteiger partial charge < -0.3 is 4.74 Å². The summed E-state index contributed by atoms with van der Waals surface area (Å²) in [6.45, 7) is 6.57. The average molecular weight is 228 g/mol. The van der Waals surface area contributed by atoms with E-state index in [0.717, 1.165) is 5.75 Å². The smallest absolute Gasteiger partial charge is 0.163 e. The second-order valence-electron chi connectivity index (χ2n) is 4.95. The molecule has 1 aromatic heterocycles. The topological polar surface area (TPSA) is 35.0 Å². The van der Waals surface area contributed by atoms with Crippen molar-refractivity contribution < 1.29 is 4.74 Å². The van der Waals surface area contributed by atoms with Gasteiger partial charge in [0.2, 0.25) is 0 Å². The predicted octanol–water partition coefficient (Wildman–Crippen LogP) is 3.57. The molecule has 0 aliphatic heterocycles. The summed E-state index contributed by atoms with van der Waals surface area (Å²) in [5, 5.41) is 0. The van der Waals surface area contributed by atoms with Crippen LogP contribution in [0, 0.1) is 0 Å². The second kappa shape index (κ2) is 4.53. The Morgan fingerprint density at radius 1 is 0.882 bits per heavy atom. The Balaban J connectivity index is 2.14. The summed E-state index contributed by atoms with van der Waals surface area (Å²) in [5.74, 6) is 1.45. The van der Waals surface area contributed by atoms with Crippen LogP contribution < -0.4 is 4.74 Å². The zero-order valence-corrected chi connectivity index (χ0v) is 10.3. The molecular formula is C14H16N2O. The van der Waals surface area contributed by atoms with Crippen LogP contribution in [0.3, 0.4) is 0 Å². The molecule has 0 aliphatic carbocycles. The standard InChI is InChI=1S/C14H16N2O/c1-14(2,3)11-4-6-12(7-5-11)17-13-8-15-10-16-9-13/h4-10H,1-3H3. The van der Waals surface area contributed by atoms with Crippen LogP contribution in [0.5, 0.6) is 11.5 Å². The Morgan fingerprint density at radius 2 is 1.47 bits per heavy atom. The first-order chi connectivity index (χ1) is 8.05. The lowest BCUT2D eigenvalue weighted by atomic mass is 9.87. The van der Waals surface area contributed by atoms with Crippen LogP contribution in [0.2, 0.25) is 0 Å². The number of ether oxygens (including phenoxy) is 1. The fraction of sp³-hybridized carbons (Fsp3) is 0.286. The van der Waals surface area contributed by atoms with Gasteiger partial charge in [0.25, 0.3) is 0 Å². The quantitative estimate of drug-likeness (QED) is 0.788. The van der Waals surface area contributed by atoms with E-state index in [0.29, 0.717) is 5.75 Å². The predicted molar refractivity (Wildman–Crippen MR) is 67.2 cm³/mol. The van der Waals surface area contributed by atoms with E-state index in [2.05, 4.69) is 42.9 Å². The highest BCUT2D eigenvalue weighted by Crippen LogP contribution is 2.26. The van der Waals surface area contributed by atoms with Gasteiger partial charge in [-0.2, -0.15) is 0 Å². The molecule has 3 nitrogen and oxygen atoms in total. The number of nitrogens with zero attached hydrogens (tertiary/aromatic N) is 2. The van der Waals surface area contributed by atoms with Crippen molar-refractivity contribution in [3.8, 4) is 11.5 Å². The van der Waals surface area contributed by atoms with E-state index in [1.54, 1.807) is 12.4 Å². The van der Waals surface area contributed by atoms with Gasteiger partial charge in [-0.1, -0.05) is 32.9 Å². The van der Waals surface area contributed by atoms with Crippen molar-refractivity contribution in [2.45, 2.75) is 26.2 Å². The highest BCUT2D eigenvalue weighted by atomic mass is 16.5. The molecule has 0 amide bonds. The third-order valence-electron chi connectivity index (χ3n) is 2.49. The lowest BCUT2D eigenvalue weighted by molar-refractivity contribution is 0.476. The van der Waals surface area contributed by atoms with Crippen LogP contribution in [0.4, 0.5) is 0 Å². The second-order valence-corrected chi connectivity index (χ2v) is 4.95. The lowest BCUT2D eigenvalue weighted by Crippen LogP contribution is -2.10. The summed E-state index contributed by atoms with van der Waals surface area (Å²) in [6.07, 6.45) is 4.77. The third-order valence-corrected chi connectivity index (χ3v) is 2.49. The van der Waals surface area contributed by atoms with E-state index in [9.17, 15) is 0 Å². The van der Waals surface area contributed by atoms with Gasteiger partial charge in [0.15, 0.2) is 5.75 Å². The molecule has 0 unspecified atom stereocenters. The molecule has 0 atom stereocenters. The first-order valence-electron chi connectivity index (χ1n) is 5.59. The molecule has 2 aromatic rings. The maximum absolute atomic E-state index is 5.62. The Labute approximate surface area is 102 Å². The fourth-order valence-corrected chi connectivity index (χ4v) is 1.50. The zero-order chi connectivity index (χ0) is 12.3. The normalized spacial score (nSPS) is 11.2. The number of hydrogen-bond acceptors (Lipinski definition) is 3. The summed E-state index contributed by atoms with van der Waals surface area (Å²) in [6, 6.07) is 8.10. The molecule has 0 saturated carbocycles. The van der Waals surface area contributed by atoms with E-state index >= 15 is 0 Å². The van der Waals surface area contributed by atoms with Crippen molar-refractivity contribution in [2.75, 3.05) is 0 Å². The van der Waals surface area contributed by atoms with Gasteiger partial charge in [0.05, 0.1) is 12.4 Å². The van der Waals surface area contributed by atoms with E-state index in [1.807, 2.05) is 12.1 Å². The van der Waals surface area contributed by atoms with Crippen molar-refractivity contribution in [3.05, 3.63) is 48.5 Å². The number of rotatable bonds is 2. The van der Waals surface area contributed by atoms with Crippen molar-refractivity contribution >= 4 is 0 Å². The molecule has 1 heterocycles. The zero-order valence-electron chi connectivity index (χ0n) is 10.3. The Bertz CT molecular complexity index is 472. The van der Waals surface area contributed by atoms with Gasteiger partial charge in [-0.15, -0.1) is 0 Å². The third kappa shape index (κ3) is 3.03. The van der Waals surface area contributed by atoms with E-state index in [1.165, 1.54) is 11.9 Å². The molecule has 0 N–H and O–H groups in total. The van der Waals surface area contributed by atoms with E-state index in [-0.39, 0.29) is 5.41 Å². The van der Waals surface area contributed by atoms with Crippen LogP contribution in [0.25, 0.3) is 0 Å². The molecule has 0 fully saturated rings. The minimum absolute atomic E-state index is 0.161. The molecule has 0 radical (unpaired) electrons. The summed E-state index contributed by atoms with van der Waals surface area (Å²) < 4.78 is 5.62. The summed E-state index contributed by atoms with van der Waals surface area (Å²) in [5.41, 5.74) is 1.45. The molecule has 0 spiro atoms. The molecule has 0 saturated heterocycles. The van der Waals surface area contributed by atoms with Gasteiger partial charge in [-0.3, -0.25) is 0 Å². The number of hydrogen-bond donors (Lipinski definition) is 0. The number of aromatic nitrogens is 2. The van der Waals surface area contributed by atoms with Crippen LogP contribution in [0.1, 0.15) is 26.3 Å². The maximum atomic E-state index is 5.62. The van der Waals surface area contributed by atoms with Crippen LogP contribution in [-0.4, -0.2) is 9.97 Å². The summed E-state index contributed by atoms with van der Waals surface area (Å²) in [4.78, 5) is 7.80. The minimum Gasteiger partial charge on any atom is -0.454 e. The van der Waals surface area contributed by atoms with Crippen LogP contribution in [0.15, 0.2) is 43.0 Å². The molecular weight excluding hydrogens is 212 g/mol. The van der Waals surface area contributed by atoms with Crippen molar-refractivity contribution in [3.63, 3.8) is 0 Å². The Kier molecular flexibility index (Phi) is 3.09. The first kappa shape index (κ1) is 11.6. The van der Waals surface area contributed by atoms with Gasteiger partial charge in [0, 0.05) is 0 Å². The molecule has 17 heavy (non-hydrogen) atoms. The van der Waals surface area contributed by atoms with Crippen LogP contribution >= 0.6 is 0 Å². The maximum Gasteiger partial charge on any atom is 0.163 e. The van der Waals surface area contributed by atoms with E-state index in [4.69, 9.17) is 4.74 Å². The Morgan fingerprint density at radius 3 is 2.00 bits per heavy atom. The lowest BCUT2D eigenvalue weighted by Gasteiger charge is -2.19. The number of benzene rings is 1. The molecule has 1 aromatic carbocycles. The Hall–Kier alpha value is -1.90. The van der Waals surface area contributed by atoms with Gasteiger partial charge >= 0.3 is 0 Å².